The second-order valence-corrected chi connectivity index (χ2v) is 14.6. The van der Waals surface area contributed by atoms with Crippen molar-refractivity contribution in [1.82, 2.24) is 19.9 Å². The monoisotopic (exact) mass is 888 g/mol. The van der Waals surface area contributed by atoms with Crippen LogP contribution >= 0.6 is 15.9 Å². The Morgan fingerprint density at radius 3 is 1.46 bits per heavy atom. The highest BCUT2D eigenvalue weighted by atomic mass is 79.9. The molecule has 61 heavy (non-hydrogen) atoms. The zero-order chi connectivity index (χ0) is 42.2. The Labute approximate surface area is 364 Å². The summed E-state index contributed by atoms with van der Waals surface area (Å²) in [6.45, 7) is 5.78. The maximum Gasteiger partial charge on any atom is 0.120 e. The van der Waals surface area contributed by atoms with Crippen molar-refractivity contribution in [2.24, 2.45) is 0 Å². The summed E-state index contributed by atoms with van der Waals surface area (Å²) in [5.74, 6) is 4.33. The smallest absolute Gasteiger partial charge is 0.120 e. The Kier molecular flexibility index (Phi) is 15.9. The summed E-state index contributed by atoms with van der Waals surface area (Å²) in [6.07, 6.45) is 14.2. The van der Waals surface area contributed by atoms with Gasteiger partial charge in [0.05, 0.1) is 110 Å². The van der Waals surface area contributed by atoms with Crippen LogP contribution in [0.5, 0.6) is 11.5 Å². The van der Waals surface area contributed by atoms with Gasteiger partial charge in [-0.05, 0) is 99.9 Å². The van der Waals surface area contributed by atoms with Crippen molar-refractivity contribution < 1.29 is 37.9 Å². The van der Waals surface area contributed by atoms with E-state index in [1.54, 1.807) is 14.2 Å². The predicted octanol–water partition coefficient (Wildman–Crippen LogP) is 8.85. The SMILES string of the molecule is C#Cc1c2nc(c(-c3cccc(OCCOCCOCCOC)c3)c3ccc([nH]3)c(Br)c3nc(c(-c4cccc(OCCOCCOCCOC)c4)c4ccc1[nH]4)C=C3)C=C2. The first-order valence-electron chi connectivity index (χ1n) is 20.1. The van der Waals surface area contributed by atoms with E-state index in [4.69, 9.17) is 54.3 Å². The number of aromatic nitrogens is 4. The van der Waals surface area contributed by atoms with Crippen molar-refractivity contribution >= 4 is 62.3 Å². The summed E-state index contributed by atoms with van der Waals surface area (Å²) in [5.41, 5.74) is 10.5. The molecule has 2 N–H and O–H groups in total. The molecule has 0 atom stereocenters. The molecule has 0 saturated carbocycles. The third-order valence-corrected chi connectivity index (χ3v) is 10.5. The topological polar surface area (TPSA) is 131 Å². The van der Waals surface area contributed by atoms with Gasteiger partial charge in [-0.1, -0.05) is 30.2 Å². The lowest BCUT2D eigenvalue weighted by atomic mass is 10.0. The number of H-pyrrole nitrogens is 2. The number of benzene rings is 2. The van der Waals surface area contributed by atoms with Crippen LogP contribution in [0.2, 0.25) is 0 Å². The molecule has 0 spiro atoms. The zero-order valence-corrected chi connectivity index (χ0v) is 35.9. The van der Waals surface area contributed by atoms with Crippen LogP contribution in [0, 0.1) is 12.3 Å². The Morgan fingerprint density at radius 2 is 0.934 bits per heavy atom. The fourth-order valence-electron chi connectivity index (χ4n) is 6.78. The second kappa shape index (κ2) is 22.3. The molecule has 5 aromatic rings. The molecular weight excluding hydrogens is 840 g/mol. The van der Waals surface area contributed by atoms with Crippen molar-refractivity contribution in [2.75, 3.05) is 93.5 Å². The Hall–Kier alpha value is -5.56. The van der Waals surface area contributed by atoms with Crippen molar-refractivity contribution in [2.45, 2.75) is 0 Å². The number of terminal acetylenes is 1. The number of hydrogen-bond donors (Lipinski definition) is 2. The average molecular weight is 890 g/mol. The van der Waals surface area contributed by atoms with Crippen molar-refractivity contribution in [3.63, 3.8) is 0 Å². The highest BCUT2D eigenvalue weighted by Crippen LogP contribution is 2.36. The lowest BCUT2D eigenvalue weighted by molar-refractivity contribution is 0.0180. The van der Waals surface area contributed by atoms with Gasteiger partial charge in [-0.2, -0.15) is 0 Å². The maximum absolute atomic E-state index is 6.24. The minimum atomic E-state index is 0.387. The van der Waals surface area contributed by atoms with Crippen molar-refractivity contribution in [1.29, 1.82) is 0 Å². The van der Waals surface area contributed by atoms with Crippen LogP contribution in [0.1, 0.15) is 28.3 Å². The molecule has 0 amide bonds. The van der Waals surface area contributed by atoms with Gasteiger partial charge in [-0.25, -0.2) is 9.97 Å². The van der Waals surface area contributed by atoms with Gasteiger partial charge in [0, 0.05) is 36.4 Å². The molecular formula is C48H49BrN4O8. The minimum Gasteiger partial charge on any atom is -0.491 e. The first-order valence-corrected chi connectivity index (χ1v) is 20.9. The third kappa shape index (κ3) is 11.4. The molecule has 2 aromatic carbocycles. The first-order chi connectivity index (χ1) is 30.1. The molecule has 0 fully saturated rings. The number of nitrogens with zero attached hydrogens (tertiary/aromatic N) is 2. The van der Waals surface area contributed by atoms with Crippen LogP contribution in [-0.4, -0.2) is 113 Å². The molecule has 8 bridgehead atoms. The molecule has 0 saturated heterocycles. The lowest BCUT2D eigenvalue weighted by Crippen LogP contribution is -2.12. The number of halogens is 1. The molecule has 316 valence electrons. The highest BCUT2D eigenvalue weighted by molar-refractivity contribution is 9.10. The molecule has 3 aromatic heterocycles. The van der Waals surface area contributed by atoms with Gasteiger partial charge in [0.2, 0.25) is 0 Å². The van der Waals surface area contributed by atoms with E-state index in [1.165, 1.54) is 0 Å². The average Bonchev–Trinajstić information content (AvgIpc) is 4.13. The fourth-order valence-corrected chi connectivity index (χ4v) is 7.23. The Morgan fingerprint density at radius 1 is 0.508 bits per heavy atom. The van der Waals surface area contributed by atoms with Crippen molar-refractivity contribution in [3.8, 4) is 46.1 Å². The van der Waals surface area contributed by atoms with Gasteiger partial charge < -0.3 is 47.9 Å². The predicted molar refractivity (Wildman–Crippen MR) is 243 cm³/mol. The number of hydrogen-bond acceptors (Lipinski definition) is 10. The molecule has 0 aliphatic carbocycles. The van der Waals surface area contributed by atoms with Crippen LogP contribution in [0.3, 0.4) is 0 Å². The molecule has 5 heterocycles. The summed E-state index contributed by atoms with van der Waals surface area (Å²) >= 11 is 3.88. The van der Waals surface area contributed by atoms with Crippen LogP contribution in [-0.2, 0) is 28.4 Å². The Bertz CT molecular complexity index is 2480. The Balaban J connectivity index is 1.22. The van der Waals surface area contributed by atoms with Gasteiger partial charge in [0.1, 0.15) is 24.7 Å². The highest BCUT2D eigenvalue weighted by Gasteiger charge is 2.17. The van der Waals surface area contributed by atoms with Gasteiger partial charge in [0.25, 0.3) is 0 Å². The van der Waals surface area contributed by atoms with E-state index in [2.05, 4.69) is 31.8 Å². The van der Waals surface area contributed by atoms with Crippen molar-refractivity contribution in [3.05, 3.63) is 106 Å². The van der Waals surface area contributed by atoms with Gasteiger partial charge in [-0.15, -0.1) is 6.42 Å². The summed E-state index contributed by atoms with van der Waals surface area (Å²) in [5, 5.41) is 0. The number of methoxy groups -OCH3 is 2. The largest absolute Gasteiger partial charge is 0.491 e. The third-order valence-electron chi connectivity index (χ3n) is 9.68. The van der Waals surface area contributed by atoms with Crippen LogP contribution in [0.25, 0.3) is 68.6 Å². The number of fused-ring (bicyclic) bond motifs is 8. The van der Waals surface area contributed by atoms with E-state index in [9.17, 15) is 0 Å². The summed E-state index contributed by atoms with van der Waals surface area (Å²) in [6, 6.07) is 24.0. The van der Waals surface area contributed by atoms with E-state index >= 15 is 0 Å². The molecule has 2 aliphatic rings. The van der Waals surface area contributed by atoms with Gasteiger partial charge in [0.15, 0.2) is 0 Å². The fraction of sp³-hybridized carbons (Fsp3) is 0.292. The first kappa shape index (κ1) is 43.5. The summed E-state index contributed by atoms with van der Waals surface area (Å²) in [4.78, 5) is 17.5. The van der Waals surface area contributed by atoms with E-state index < -0.39 is 0 Å². The van der Waals surface area contributed by atoms with E-state index in [-0.39, 0.29) is 0 Å². The quantitative estimate of drug-likeness (QED) is 0.0503. The van der Waals surface area contributed by atoms with E-state index in [1.807, 2.05) is 97.1 Å². The number of nitrogens with one attached hydrogen (secondary N) is 2. The van der Waals surface area contributed by atoms with Crippen LogP contribution in [0.15, 0.2) is 77.3 Å². The molecule has 0 radical (unpaired) electrons. The van der Waals surface area contributed by atoms with Crippen LogP contribution in [0.4, 0.5) is 0 Å². The number of ether oxygens (including phenoxy) is 8. The van der Waals surface area contributed by atoms with Crippen LogP contribution < -0.4 is 9.47 Å². The zero-order valence-electron chi connectivity index (χ0n) is 34.3. The van der Waals surface area contributed by atoms with E-state index in [0.717, 1.165) is 65.9 Å². The van der Waals surface area contributed by atoms with Gasteiger partial charge >= 0.3 is 0 Å². The molecule has 0 unspecified atom stereocenters. The summed E-state index contributed by atoms with van der Waals surface area (Å²) < 4.78 is 45.4. The lowest BCUT2D eigenvalue weighted by Gasteiger charge is -2.10. The molecule has 2 aliphatic heterocycles. The normalized spacial score (nSPS) is 11.9. The second-order valence-electron chi connectivity index (χ2n) is 13.8. The number of aromatic amines is 2. The number of rotatable bonds is 22. The molecule has 12 nitrogen and oxygen atoms in total. The van der Waals surface area contributed by atoms with Gasteiger partial charge in [-0.3, -0.25) is 0 Å². The maximum atomic E-state index is 6.24. The summed E-state index contributed by atoms with van der Waals surface area (Å²) in [7, 11) is 3.30. The molecule has 7 rings (SSSR count). The molecule has 13 heteroatoms. The van der Waals surface area contributed by atoms with E-state index in [0.29, 0.717) is 102 Å². The minimum absolute atomic E-state index is 0.387. The standard InChI is InChI=1S/C48H49BrN4O8/c1-4-37-38-11-13-40(50-38)46(33-7-5-9-35(31-33)60-29-27-58-25-23-56-21-19-54-2)42-15-17-44(52-42)48(49)45-18-16-43(53-45)47(41-14-12-39(37)51-41)34-8-6-10-36(32-34)61-30-28-59-26-24-57-22-20-55-3/h1,5-18,31-32,50,53H,19-30H2,2-3H3.